The Bertz CT molecular complexity index is 412. The van der Waals surface area contributed by atoms with E-state index in [0.717, 1.165) is 25.7 Å². The molecule has 2 saturated carbocycles. The van der Waals surface area contributed by atoms with Crippen molar-refractivity contribution in [3.63, 3.8) is 0 Å². The van der Waals surface area contributed by atoms with Crippen LogP contribution in [0.2, 0.25) is 0 Å². The summed E-state index contributed by atoms with van der Waals surface area (Å²) in [5, 5.41) is 12.2. The maximum absolute atomic E-state index is 12.4. The maximum Gasteiger partial charge on any atom is 0.329 e. The van der Waals surface area contributed by atoms with Gasteiger partial charge in [-0.1, -0.05) is 12.8 Å². The Morgan fingerprint density at radius 2 is 1.62 bits per heavy atom. The second-order valence-corrected chi connectivity index (χ2v) is 6.85. The minimum absolute atomic E-state index is 0.0537. The Morgan fingerprint density at radius 1 is 1.05 bits per heavy atom. The minimum Gasteiger partial charge on any atom is -0.480 e. The van der Waals surface area contributed by atoms with E-state index in [1.54, 1.807) is 11.9 Å². The monoisotopic (exact) mass is 297 g/mol. The zero-order valence-electron chi connectivity index (χ0n) is 13.3. The van der Waals surface area contributed by atoms with Crippen LogP contribution in [0.3, 0.4) is 0 Å². The van der Waals surface area contributed by atoms with Crippen molar-refractivity contribution in [2.75, 3.05) is 27.7 Å². The predicted octanol–water partition coefficient (Wildman–Crippen LogP) is 1.51. The van der Waals surface area contributed by atoms with Gasteiger partial charge in [-0.15, -0.1) is 0 Å². The van der Waals surface area contributed by atoms with Gasteiger partial charge >= 0.3 is 12.0 Å². The number of likely N-dealkylation sites (N-methyl/N-ethyl adjacent to an activating group) is 2. The Morgan fingerprint density at radius 3 is 2.00 bits per heavy atom. The van der Waals surface area contributed by atoms with Gasteiger partial charge in [-0.3, -0.25) is 0 Å². The summed E-state index contributed by atoms with van der Waals surface area (Å²) in [5.74, 6) is -0.910. The quantitative estimate of drug-likeness (QED) is 0.807. The van der Waals surface area contributed by atoms with Crippen molar-refractivity contribution >= 4 is 12.0 Å². The second-order valence-electron chi connectivity index (χ2n) is 6.85. The molecule has 0 radical (unpaired) electrons. The number of hydrogen-bond acceptors (Lipinski definition) is 3. The third kappa shape index (κ3) is 3.00. The summed E-state index contributed by atoms with van der Waals surface area (Å²) >= 11 is 0. The molecular formula is C15H27N3O3. The number of carbonyl (C=O) groups is 2. The van der Waals surface area contributed by atoms with E-state index in [2.05, 4.69) is 10.2 Å². The molecule has 0 atom stereocenters. The Kier molecular flexibility index (Phi) is 4.46. The van der Waals surface area contributed by atoms with E-state index in [9.17, 15) is 14.7 Å². The van der Waals surface area contributed by atoms with Crippen molar-refractivity contribution in [1.29, 1.82) is 0 Å². The molecule has 2 amide bonds. The molecule has 21 heavy (non-hydrogen) atoms. The summed E-state index contributed by atoms with van der Waals surface area (Å²) in [6, 6.07) is -0.271. The predicted molar refractivity (Wildman–Crippen MR) is 80.3 cm³/mol. The number of urea groups is 1. The summed E-state index contributed by atoms with van der Waals surface area (Å²) in [6.45, 7) is 0.640. The molecule has 2 aliphatic rings. The molecule has 0 saturated heterocycles. The first-order valence-corrected chi connectivity index (χ1v) is 7.75. The van der Waals surface area contributed by atoms with Crippen LogP contribution in [0.5, 0.6) is 0 Å². The molecule has 6 heteroatoms. The van der Waals surface area contributed by atoms with Crippen LogP contribution in [-0.4, -0.2) is 65.7 Å². The molecule has 0 spiro atoms. The van der Waals surface area contributed by atoms with Gasteiger partial charge in [-0.25, -0.2) is 9.59 Å². The van der Waals surface area contributed by atoms with E-state index >= 15 is 0 Å². The van der Waals surface area contributed by atoms with Crippen molar-refractivity contribution in [2.45, 2.75) is 56.0 Å². The standard InChI is InChI=1S/C15H27N3O3/c1-17(2)14(7-6-8-14)11-18(3)13(21)16-15(12(19)20)9-4-5-10-15/h4-11H2,1-3H3,(H,16,21)(H,19,20). The number of carbonyl (C=O) groups excluding carboxylic acids is 1. The van der Waals surface area contributed by atoms with Gasteiger partial charge in [0, 0.05) is 19.1 Å². The molecule has 2 N–H and O–H groups in total. The molecule has 2 rings (SSSR count). The largest absolute Gasteiger partial charge is 0.480 e. The highest BCUT2D eigenvalue weighted by molar-refractivity contribution is 5.86. The SMILES string of the molecule is CN(CC1(N(C)C)CCC1)C(=O)NC1(C(=O)O)CCCC1. The number of hydrogen-bond donors (Lipinski definition) is 2. The van der Waals surface area contributed by atoms with Gasteiger partial charge in [0.25, 0.3) is 0 Å². The molecule has 2 fully saturated rings. The lowest BCUT2D eigenvalue weighted by Crippen LogP contribution is -2.61. The summed E-state index contributed by atoms with van der Waals surface area (Å²) < 4.78 is 0. The summed E-state index contributed by atoms with van der Waals surface area (Å²) in [4.78, 5) is 27.7. The van der Waals surface area contributed by atoms with E-state index < -0.39 is 11.5 Å². The molecule has 0 heterocycles. The highest BCUT2D eigenvalue weighted by atomic mass is 16.4. The lowest BCUT2D eigenvalue weighted by atomic mass is 9.75. The van der Waals surface area contributed by atoms with Gasteiger partial charge in [0.2, 0.25) is 0 Å². The first kappa shape index (κ1) is 16.1. The first-order valence-electron chi connectivity index (χ1n) is 7.75. The summed E-state index contributed by atoms with van der Waals surface area (Å²) in [7, 11) is 5.84. The van der Waals surface area contributed by atoms with E-state index in [1.165, 1.54) is 6.42 Å². The van der Waals surface area contributed by atoms with Crippen molar-refractivity contribution in [3.05, 3.63) is 0 Å². The lowest BCUT2D eigenvalue weighted by Gasteiger charge is -2.49. The number of amides is 2. The number of nitrogens with one attached hydrogen (secondary N) is 1. The van der Waals surface area contributed by atoms with Gasteiger partial charge in [-0.05, 0) is 46.2 Å². The smallest absolute Gasteiger partial charge is 0.329 e. The fraction of sp³-hybridized carbons (Fsp3) is 0.867. The Labute approximate surface area is 126 Å². The van der Waals surface area contributed by atoms with Gasteiger partial charge < -0.3 is 20.2 Å². The van der Waals surface area contributed by atoms with Crippen molar-refractivity contribution in [1.82, 2.24) is 15.1 Å². The van der Waals surface area contributed by atoms with Crippen molar-refractivity contribution in [2.24, 2.45) is 0 Å². The molecule has 0 bridgehead atoms. The third-order valence-electron chi connectivity index (χ3n) is 5.32. The molecule has 0 unspecified atom stereocenters. The van der Waals surface area contributed by atoms with E-state index in [-0.39, 0.29) is 11.6 Å². The van der Waals surface area contributed by atoms with Gasteiger partial charge in [0.15, 0.2) is 0 Å². The molecule has 2 aliphatic carbocycles. The molecule has 0 aromatic rings. The number of carboxylic acid groups (broad SMARTS) is 1. The topological polar surface area (TPSA) is 72.9 Å². The zero-order valence-corrected chi connectivity index (χ0v) is 13.3. The average molecular weight is 297 g/mol. The van der Waals surface area contributed by atoms with Gasteiger partial charge in [0.05, 0.1) is 0 Å². The second kappa shape index (κ2) is 5.83. The summed E-state index contributed by atoms with van der Waals surface area (Å²) in [5.41, 5.74) is -1.01. The summed E-state index contributed by atoms with van der Waals surface area (Å²) in [6.07, 6.45) is 6.13. The van der Waals surface area contributed by atoms with Crippen LogP contribution in [0.4, 0.5) is 4.79 Å². The van der Waals surface area contributed by atoms with Crippen LogP contribution < -0.4 is 5.32 Å². The van der Waals surface area contributed by atoms with E-state index in [4.69, 9.17) is 0 Å². The van der Waals surface area contributed by atoms with Crippen LogP contribution in [-0.2, 0) is 4.79 Å². The van der Waals surface area contributed by atoms with Crippen molar-refractivity contribution < 1.29 is 14.7 Å². The minimum atomic E-state index is -1.06. The molecular weight excluding hydrogens is 270 g/mol. The van der Waals surface area contributed by atoms with Crippen LogP contribution in [0, 0.1) is 0 Å². The van der Waals surface area contributed by atoms with Crippen LogP contribution in [0.15, 0.2) is 0 Å². The van der Waals surface area contributed by atoms with Crippen molar-refractivity contribution in [3.8, 4) is 0 Å². The molecule has 120 valence electrons. The maximum atomic E-state index is 12.4. The van der Waals surface area contributed by atoms with Crippen LogP contribution >= 0.6 is 0 Å². The fourth-order valence-electron chi connectivity index (χ4n) is 3.52. The van der Waals surface area contributed by atoms with Crippen LogP contribution in [0.1, 0.15) is 44.9 Å². The number of rotatable bonds is 5. The molecule has 0 aliphatic heterocycles. The highest BCUT2D eigenvalue weighted by Crippen LogP contribution is 2.37. The third-order valence-corrected chi connectivity index (χ3v) is 5.32. The Hall–Kier alpha value is -1.30. The van der Waals surface area contributed by atoms with E-state index in [0.29, 0.717) is 19.4 Å². The number of aliphatic carboxylic acids is 1. The zero-order chi connectivity index (χ0) is 15.7. The first-order chi connectivity index (χ1) is 9.81. The molecule has 0 aromatic heterocycles. The van der Waals surface area contributed by atoms with Crippen LogP contribution in [0.25, 0.3) is 0 Å². The fourth-order valence-corrected chi connectivity index (χ4v) is 3.52. The average Bonchev–Trinajstić information content (AvgIpc) is 2.82. The Balaban J connectivity index is 1.98. The number of carboxylic acids is 1. The normalized spacial score (nSPS) is 22.7. The van der Waals surface area contributed by atoms with Gasteiger partial charge in [-0.2, -0.15) is 0 Å². The highest BCUT2D eigenvalue weighted by Gasteiger charge is 2.45. The molecule has 6 nitrogen and oxygen atoms in total. The van der Waals surface area contributed by atoms with Gasteiger partial charge in [0.1, 0.15) is 5.54 Å². The number of nitrogens with zero attached hydrogens (tertiary/aromatic N) is 2. The van der Waals surface area contributed by atoms with E-state index in [1.807, 2.05) is 14.1 Å². The molecule has 0 aromatic carbocycles. The lowest BCUT2D eigenvalue weighted by molar-refractivity contribution is -0.144.